The van der Waals surface area contributed by atoms with Crippen LogP contribution in [0.5, 0.6) is 0 Å². The lowest BCUT2D eigenvalue weighted by Crippen LogP contribution is -2.36. The third kappa shape index (κ3) is 4.46. The minimum atomic E-state index is -0.0270. The van der Waals surface area contributed by atoms with Gasteiger partial charge in [0.25, 0.3) is 0 Å². The van der Waals surface area contributed by atoms with Gasteiger partial charge in [-0.1, -0.05) is 26.0 Å². The molecule has 1 atom stereocenters. The third-order valence-electron chi connectivity index (χ3n) is 4.29. The van der Waals surface area contributed by atoms with E-state index in [0.29, 0.717) is 5.41 Å². The van der Waals surface area contributed by atoms with Crippen LogP contribution < -0.4 is 11.1 Å². The molecule has 0 aliphatic carbocycles. The van der Waals surface area contributed by atoms with Crippen molar-refractivity contribution in [2.24, 2.45) is 11.1 Å². The number of nitrogens with two attached hydrogens (primary N) is 1. The zero-order valence-electron chi connectivity index (χ0n) is 13.4. The van der Waals surface area contributed by atoms with Crippen molar-refractivity contribution < 1.29 is 4.79 Å². The van der Waals surface area contributed by atoms with Crippen molar-refractivity contribution in [3.63, 3.8) is 0 Å². The van der Waals surface area contributed by atoms with E-state index in [1.165, 1.54) is 6.42 Å². The Hall–Kier alpha value is -1.55. The molecular formula is C17H27N3O. The lowest BCUT2D eigenvalue weighted by molar-refractivity contribution is 0.211. The fourth-order valence-electron chi connectivity index (χ4n) is 2.73. The second-order valence-electron chi connectivity index (χ2n) is 6.85. The number of nitrogens with zero attached hydrogens (tertiary/aromatic N) is 1. The smallest absolute Gasteiger partial charge is 0.321 e. The summed E-state index contributed by atoms with van der Waals surface area (Å²) >= 11 is 0. The molecular weight excluding hydrogens is 262 g/mol. The number of amides is 2. The van der Waals surface area contributed by atoms with Crippen LogP contribution in [0.3, 0.4) is 0 Å². The number of benzene rings is 1. The molecule has 4 heteroatoms. The molecule has 1 unspecified atom stereocenters. The highest BCUT2D eigenvalue weighted by Crippen LogP contribution is 2.30. The van der Waals surface area contributed by atoms with Crippen LogP contribution in [0.15, 0.2) is 24.3 Å². The number of likely N-dealkylation sites (tertiary alicyclic amines) is 1. The first-order chi connectivity index (χ1) is 9.87. The van der Waals surface area contributed by atoms with Gasteiger partial charge in [-0.05, 0) is 49.3 Å². The fourth-order valence-corrected chi connectivity index (χ4v) is 2.73. The molecule has 2 amide bonds. The largest absolute Gasteiger partial charge is 0.325 e. The third-order valence-corrected chi connectivity index (χ3v) is 4.29. The maximum atomic E-state index is 12.4. The zero-order chi connectivity index (χ0) is 15.5. The van der Waals surface area contributed by atoms with Crippen molar-refractivity contribution in [2.45, 2.75) is 46.1 Å². The number of anilines is 1. The number of hydrogen-bond donors (Lipinski definition) is 2. The van der Waals surface area contributed by atoms with Gasteiger partial charge in [0.05, 0.1) is 0 Å². The maximum absolute atomic E-state index is 12.4. The van der Waals surface area contributed by atoms with E-state index >= 15 is 0 Å². The zero-order valence-corrected chi connectivity index (χ0v) is 13.4. The summed E-state index contributed by atoms with van der Waals surface area (Å²) in [5.74, 6) is 0. The van der Waals surface area contributed by atoms with Crippen molar-refractivity contribution >= 4 is 11.7 Å². The molecule has 1 fully saturated rings. The van der Waals surface area contributed by atoms with Crippen molar-refractivity contribution in [2.75, 3.05) is 18.4 Å². The van der Waals surface area contributed by atoms with E-state index in [1.54, 1.807) is 0 Å². The Bertz CT molecular complexity index is 497. The average Bonchev–Trinajstić information content (AvgIpc) is 2.60. The molecule has 0 bridgehead atoms. The van der Waals surface area contributed by atoms with Gasteiger partial charge in [0.15, 0.2) is 0 Å². The highest BCUT2D eigenvalue weighted by atomic mass is 16.2. The first-order valence-electron chi connectivity index (χ1n) is 7.79. The average molecular weight is 289 g/mol. The summed E-state index contributed by atoms with van der Waals surface area (Å²) in [5, 5.41) is 2.99. The second kappa shape index (κ2) is 6.48. The molecule has 1 aliphatic rings. The highest BCUT2D eigenvalue weighted by Gasteiger charge is 2.25. The van der Waals surface area contributed by atoms with Crippen LogP contribution >= 0.6 is 0 Å². The van der Waals surface area contributed by atoms with E-state index in [9.17, 15) is 4.79 Å². The molecule has 116 valence electrons. The molecule has 0 radical (unpaired) electrons. The highest BCUT2D eigenvalue weighted by molar-refractivity contribution is 5.89. The standard InChI is InChI=1S/C17H27N3O/c1-13(18)14-6-4-7-15(12-14)19-16(21)20-10-5-8-17(2,3)9-11-20/h4,6-7,12-13H,5,8-11,18H2,1-3H3,(H,19,21). The topological polar surface area (TPSA) is 58.4 Å². The normalized spacial score (nSPS) is 19.7. The van der Waals surface area contributed by atoms with Gasteiger partial charge in [0.2, 0.25) is 0 Å². The monoisotopic (exact) mass is 289 g/mol. The van der Waals surface area contributed by atoms with Gasteiger partial charge in [-0.15, -0.1) is 0 Å². The quantitative estimate of drug-likeness (QED) is 0.871. The summed E-state index contributed by atoms with van der Waals surface area (Å²) in [6, 6.07) is 7.74. The Kier molecular flexibility index (Phi) is 4.88. The van der Waals surface area contributed by atoms with Gasteiger partial charge in [0, 0.05) is 24.8 Å². The summed E-state index contributed by atoms with van der Waals surface area (Å²) in [5.41, 5.74) is 8.07. The number of carbonyl (C=O) groups excluding carboxylic acids is 1. The molecule has 1 aromatic rings. The molecule has 4 nitrogen and oxygen atoms in total. The predicted octanol–water partition coefficient (Wildman–Crippen LogP) is 3.75. The summed E-state index contributed by atoms with van der Waals surface area (Å²) in [6.45, 7) is 8.16. The molecule has 0 aromatic heterocycles. The Morgan fingerprint density at radius 3 is 2.81 bits per heavy atom. The van der Waals surface area contributed by atoms with E-state index in [1.807, 2.05) is 36.1 Å². The summed E-state index contributed by atoms with van der Waals surface area (Å²) in [6.07, 6.45) is 3.30. The fraction of sp³-hybridized carbons (Fsp3) is 0.588. The van der Waals surface area contributed by atoms with Gasteiger partial charge >= 0.3 is 6.03 Å². The lowest BCUT2D eigenvalue weighted by atomic mass is 9.85. The number of hydrogen-bond acceptors (Lipinski definition) is 2. The van der Waals surface area contributed by atoms with Crippen molar-refractivity contribution in [1.29, 1.82) is 0 Å². The van der Waals surface area contributed by atoms with Crippen LogP contribution in [0.25, 0.3) is 0 Å². The molecule has 21 heavy (non-hydrogen) atoms. The molecule has 0 spiro atoms. The molecule has 2 rings (SSSR count). The van der Waals surface area contributed by atoms with Crippen LogP contribution in [0, 0.1) is 5.41 Å². The van der Waals surface area contributed by atoms with E-state index in [4.69, 9.17) is 5.73 Å². The predicted molar refractivity (Wildman–Crippen MR) is 87.3 cm³/mol. The Morgan fingerprint density at radius 1 is 1.33 bits per heavy atom. The van der Waals surface area contributed by atoms with Crippen molar-refractivity contribution in [3.05, 3.63) is 29.8 Å². The molecule has 0 saturated carbocycles. The summed E-state index contributed by atoms with van der Waals surface area (Å²) < 4.78 is 0. The second-order valence-corrected chi connectivity index (χ2v) is 6.85. The maximum Gasteiger partial charge on any atom is 0.321 e. The van der Waals surface area contributed by atoms with Crippen molar-refractivity contribution in [1.82, 2.24) is 4.90 Å². The number of urea groups is 1. The Balaban J connectivity index is 1.99. The van der Waals surface area contributed by atoms with Crippen LogP contribution in [-0.2, 0) is 0 Å². The van der Waals surface area contributed by atoms with E-state index in [0.717, 1.165) is 37.2 Å². The van der Waals surface area contributed by atoms with Gasteiger partial charge in [0.1, 0.15) is 0 Å². The van der Waals surface area contributed by atoms with Crippen molar-refractivity contribution in [3.8, 4) is 0 Å². The van der Waals surface area contributed by atoms with Crippen LogP contribution in [-0.4, -0.2) is 24.0 Å². The Labute approximate surface area is 127 Å². The molecule has 1 saturated heterocycles. The van der Waals surface area contributed by atoms with Gasteiger partial charge in [-0.3, -0.25) is 0 Å². The van der Waals surface area contributed by atoms with Gasteiger partial charge < -0.3 is 16.0 Å². The molecule has 1 heterocycles. The van der Waals surface area contributed by atoms with E-state index in [-0.39, 0.29) is 12.1 Å². The Morgan fingerprint density at radius 2 is 2.10 bits per heavy atom. The van der Waals surface area contributed by atoms with Gasteiger partial charge in [-0.25, -0.2) is 4.79 Å². The minimum absolute atomic E-state index is 0.00507. The van der Waals surface area contributed by atoms with Crippen LogP contribution in [0.2, 0.25) is 0 Å². The van der Waals surface area contributed by atoms with Crippen LogP contribution in [0.4, 0.5) is 10.5 Å². The lowest BCUT2D eigenvalue weighted by Gasteiger charge is -2.23. The number of carbonyl (C=O) groups is 1. The summed E-state index contributed by atoms with van der Waals surface area (Å²) in [7, 11) is 0. The van der Waals surface area contributed by atoms with E-state index in [2.05, 4.69) is 19.2 Å². The van der Waals surface area contributed by atoms with Gasteiger partial charge in [-0.2, -0.15) is 0 Å². The summed E-state index contributed by atoms with van der Waals surface area (Å²) in [4.78, 5) is 14.3. The van der Waals surface area contributed by atoms with E-state index < -0.39 is 0 Å². The number of rotatable bonds is 2. The molecule has 1 aromatic carbocycles. The first-order valence-corrected chi connectivity index (χ1v) is 7.79. The molecule has 1 aliphatic heterocycles. The SMILES string of the molecule is CC(N)c1cccc(NC(=O)N2CCCC(C)(C)CC2)c1. The van der Waals surface area contributed by atoms with Crippen LogP contribution in [0.1, 0.15) is 51.6 Å². The minimum Gasteiger partial charge on any atom is -0.325 e. The molecule has 3 N–H and O–H groups in total. The first kappa shape index (κ1) is 15.8. The number of nitrogens with one attached hydrogen (secondary N) is 1.